The summed E-state index contributed by atoms with van der Waals surface area (Å²) in [4.78, 5) is 17.6. The van der Waals surface area contributed by atoms with Crippen LogP contribution in [-0.2, 0) is 4.79 Å². The van der Waals surface area contributed by atoms with E-state index in [9.17, 15) is 4.79 Å². The van der Waals surface area contributed by atoms with E-state index < -0.39 is 0 Å². The fraction of sp³-hybridized carbons (Fsp3) is 0.381. The van der Waals surface area contributed by atoms with Crippen LogP contribution in [0.25, 0.3) is 0 Å². The molecule has 0 unspecified atom stereocenters. The van der Waals surface area contributed by atoms with Gasteiger partial charge < -0.3 is 15.1 Å². The molecule has 3 rings (SSSR count). The van der Waals surface area contributed by atoms with Crippen LogP contribution < -0.4 is 15.1 Å². The number of nitrogens with one attached hydrogen (secondary N) is 3. The summed E-state index contributed by atoms with van der Waals surface area (Å²) in [6, 6.07) is 14.7. The molecule has 1 amide bonds. The summed E-state index contributed by atoms with van der Waals surface area (Å²) in [6.45, 7) is 9.27. The number of anilines is 1. The molecule has 0 atom stereocenters. The van der Waals surface area contributed by atoms with Gasteiger partial charge in [-0.1, -0.05) is 17.8 Å². The van der Waals surface area contributed by atoms with Crippen molar-refractivity contribution in [2.45, 2.75) is 23.6 Å². The fourth-order valence-corrected chi connectivity index (χ4v) is 4.08. The molecule has 0 radical (unpaired) electrons. The second-order valence-electron chi connectivity index (χ2n) is 7.30. The Kier molecular flexibility index (Phi) is 6.35. The Bertz CT molecular complexity index is 752. The lowest BCUT2D eigenvalue weighted by molar-refractivity contribution is -0.999. The molecule has 4 nitrogen and oxygen atoms in total. The number of rotatable bonds is 5. The summed E-state index contributed by atoms with van der Waals surface area (Å²) in [6.07, 6.45) is 0. The van der Waals surface area contributed by atoms with Crippen LogP contribution in [0.15, 0.2) is 52.3 Å². The first-order valence-electron chi connectivity index (χ1n) is 9.29. The molecule has 2 aromatic carbocycles. The van der Waals surface area contributed by atoms with E-state index in [0.29, 0.717) is 6.54 Å². The average Bonchev–Trinajstić information content (AvgIpc) is 2.62. The number of amides is 1. The smallest absolute Gasteiger partial charge is 0.279 e. The van der Waals surface area contributed by atoms with Crippen molar-refractivity contribution in [3.8, 4) is 0 Å². The third kappa shape index (κ3) is 5.34. The molecule has 1 aliphatic rings. The van der Waals surface area contributed by atoms with Gasteiger partial charge in [0, 0.05) is 15.5 Å². The minimum absolute atomic E-state index is 0.106. The number of likely N-dealkylation sites (N-methyl/N-ethyl adjacent to an activating group) is 1. The van der Waals surface area contributed by atoms with E-state index in [2.05, 4.69) is 56.5 Å². The molecule has 1 heterocycles. The first-order chi connectivity index (χ1) is 12.5. The van der Waals surface area contributed by atoms with Gasteiger partial charge in [0.1, 0.15) is 26.2 Å². The van der Waals surface area contributed by atoms with Gasteiger partial charge in [-0.25, -0.2) is 0 Å². The summed E-state index contributed by atoms with van der Waals surface area (Å²) in [7, 11) is 2.22. The zero-order valence-electron chi connectivity index (χ0n) is 15.9. The van der Waals surface area contributed by atoms with E-state index in [1.807, 2.05) is 12.1 Å². The summed E-state index contributed by atoms with van der Waals surface area (Å²) >= 11 is 1.75. The first-order valence-corrected chi connectivity index (χ1v) is 10.1. The molecule has 26 heavy (non-hydrogen) atoms. The van der Waals surface area contributed by atoms with Crippen molar-refractivity contribution in [1.82, 2.24) is 0 Å². The van der Waals surface area contributed by atoms with Gasteiger partial charge >= 0.3 is 0 Å². The van der Waals surface area contributed by atoms with Gasteiger partial charge in [0.05, 0.1) is 7.05 Å². The van der Waals surface area contributed by atoms with E-state index in [-0.39, 0.29) is 5.91 Å². The highest BCUT2D eigenvalue weighted by molar-refractivity contribution is 7.99. The molecule has 138 valence electrons. The van der Waals surface area contributed by atoms with E-state index >= 15 is 0 Å². The molecule has 0 spiro atoms. The van der Waals surface area contributed by atoms with E-state index in [1.54, 1.807) is 16.7 Å². The molecule has 1 saturated heterocycles. The van der Waals surface area contributed by atoms with Crippen LogP contribution in [0, 0.1) is 13.8 Å². The Morgan fingerprint density at radius 2 is 1.62 bits per heavy atom. The van der Waals surface area contributed by atoms with Gasteiger partial charge in [0.15, 0.2) is 6.54 Å². The van der Waals surface area contributed by atoms with E-state index in [0.717, 1.165) is 31.9 Å². The quantitative estimate of drug-likeness (QED) is 0.728. The maximum absolute atomic E-state index is 12.3. The average molecular weight is 372 g/mol. The predicted molar refractivity (Wildman–Crippen MR) is 107 cm³/mol. The zero-order valence-corrected chi connectivity index (χ0v) is 16.7. The number of quaternary nitrogens is 2. The first kappa shape index (κ1) is 19.0. The molecule has 0 aromatic heterocycles. The Morgan fingerprint density at radius 3 is 2.27 bits per heavy atom. The standard InChI is InChI=1S/C21H27N3OS/c1-16-4-7-20(14-17(16)2)26-19-8-5-18(6-9-19)22-21(25)15-24-12-10-23(3)11-13-24/h4-9,14H,10-13,15H2,1-3H3,(H,22,25)/p+2. The van der Waals surface area contributed by atoms with Crippen LogP contribution in [-0.4, -0.2) is 45.7 Å². The van der Waals surface area contributed by atoms with Gasteiger partial charge in [0.2, 0.25) is 0 Å². The van der Waals surface area contributed by atoms with Gasteiger partial charge in [-0.05, 0) is 61.4 Å². The highest BCUT2D eigenvalue weighted by atomic mass is 32.2. The Morgan fingerprint density at radius 1 is 0.962 bits per heavy atom. The number of aryl methyl sites for hydroxylation is 2. The molecule has 3 N–H and O–H groups in total. The fourth-order valence-electron chi connectivity index (χ4n) is 3.16. The number of carbonyl (C=O) groups is 1. The van der Waals surface area contributed by atoms with Crippen molar-refractivity contribution >= 4 is 23.4 Å². The third-order valence-electron chi connectivity index (χ3n) is 5.07. The molecule has 2 aromatic rings. The van der Waals surface area contributed by atoms with Gasteiger partial charge in [-0.3, -0.25) is 4.79 Å². The lowest BCUT2D eigenvalue weighted by Crippen LogP contribution is -3.27. The van der Waals surface area contributed by atoms with Crippen LogP contribution in [0.1, 0.15) is 11.1 Å². The topological polar surface area (TPSA) is 38.0 Å². The second-order valence-corrected chi connectivity index (χ2v) is 8.45. The Labute approximate surface area is 160 Å². The number of hydrogen-bond donors (Lipinski definition) is 3. The largest absolute Gasteiger partial charge is 0.328 e. The maximum atomic E-state index is 12.3. The maximum Gasteiger partial charge on any atom is 0.279 e. The van der Waals surface area contributed by atoms with E-state index in [1.165, 1.54) is 25.8 Å². The van der Waals surface area contributed by atoms with Gasteiger partial charge in [-0.15, -0.1) is 0 Å². The predicted octanol–water partition coefficient (Wildman–Crippen LogP) is 0.806. The van der Waals surface area contributed by atoms with Crippen LogP contribution in [0.2, 0.25) is 0 Å². The highest BCUT2D eigenvalue weighted by Crippen LogP contribution is 2.29. The van der Waals surface area contributed by atoms with Crippen molar-refractivity contribution in [2.24, 2.45) is 0 Å². The minimum atomic E-state index is 0.106. The minimum Gasteiger partial charge on any atom is -0.328 e. The number of piperazine rings is 1. The third-order valence-corrected chi connectivity index (χ3v) is 6.07. The molecule has 0 bridgehead atoms. The summed E-state index contributed by atoms with van der Waals surface area (Å²) in [5.41, 5.74) is 3.50. The summed E-state index contributed by atoms with van der Waals surface area (Å²) in [5.74, 6) is 0.106. The second kappa shape index (κ2) is 8.71. The molecular weight excluding hydrogens is 342 g/mol. The molecule has 1 fully saturated rings. The molecule has 0 saturated carbocycles. The SMILES string of the molecule is Cc1ccc(Sc2ccc(NC(=O)C[NH+]3CC[NH+](C)CC3)cc2)cc1C. The molecule has 0 aliphatic carbocycles. The monoisotopic (exact) mass is 371 g/mol. The number of benzene rings is 2. The van der Waals surface area contributed by atoms with Crippen molar-refractivity contribution in [1.29, 1.82) is 0 Å². The van der Waals surface area contributed by atoms with Crippen LogP contribution >= 0.6 is 11.8 Å². The molecule has 1 aliphatic heterocycles. The highest BCUT2D eigenvalue weighted by Gasteiger charge is 2.22. The number of hydrogen-bond acceptors (Lipinski definition) is 2. The summed E-state index contributed by atoms with van der Waals surface area (Å²) in [5, 5.41) is 3.03. The lowest BCUT2D eigenvalue weighted by Gasteiger charge is -2.26. The lowest BCUT2D eigenvalue weighted by atomic mass is 10.1. The van der Waals surface area contributed by atoms with Crippen LogP contribution in [0.5, 0.6) is 0 Å². The van der Waals surface area contributed by atoms with Gasteiger partial charge in [-0.2, -0.15) is 0 Å². The number of carbonyl (C=O) groups excluding carboxylic acids is 1. The normalized spacial score (nSPS) is 20.0. The van der Waals surface area contributed by atoms with Crippen LogP contribution in [0.4, 0.5) is 5.69 Å². The molecular formula is C21H29N3OS+2. The van der Waals surface area contributed by atoms with Crippen LogP contribution in [0.3, 0.4) is 0 Å². The Hall–Kier alpha value is -1.82. The van der Waals surface area contributed by atoms with Crippen molar-refractivity contribution in [3.63, 3.8) is 0 Å². The Balaban J connectivity index is 1.52. The summed E-state index contributed by atoms with van der Waals surface area (Å²) < 4.78 is 0. The van der Waals surface area contributed by atoms with Crippen molar-refractivity contribution in [3.05, 3.63) is 53.6 Å². The van der Waals surface area contributed by atoms with Crippen molar-refractivity contribution in [2.75, 3.05) is 45.1 Å². The molecule has 5 heteroatoms. The zero-order chi connectivity index (χ0) is 18.5. The van der Waals surface area contributed by atoms with E-state index in [4.69, 9.17) is 0 Å². The van der Waals surface area contributed by atoms with Crippen molar-refractivity contribution < 1.29 is 14.6 Å². The van der Waals surface area contributed by atoms with Gasteiger partial charge in [0.25, 0.3) is 5.91 Å².